The molecule has 0 heterocycles. The number of rotatable bonds is 6. The maximum absolute atomic E-state index is 11.8. The van der Waals surface area contributed by atoms with Crippen LogP contribution >= 0.6 is 15.2 Å². The van der Waals surface area contributed by atoms with E-state index < -0.39 is 20.6 Å². The van der Waals surface area contributed by atoms with Crippen molar-refractivity contribution in [1.82, 2.24) is 0 Å². The van der Waals surface area contributed by atoms with Gasteiger partial charge in [0.05, 0.1) is 19.3 Å². The summed E-state index contributed by atoms with van der Waals surface area (Å²) in [6, 6.07) is 1.28. The largest absolute Gasteiger partial charge is 0.360 e. The molecule has 0 radical (unpaired) electrons. The van der Waals surface area contributed by atoms with Gasteiger partial charge >= 0.3 is 15.2 Å². The molecular formula is C6H13NO6P2. The van der Waals surface area contributed by atoms with Gasteiger partial charge in [-0.25, -0.2) is 0 Å². The van der Waals surface area contributed by atoms with E-state index in [0.29, 0.717) is 0 Å². The molecular weight excluding hydrogens is 244 g/mol. The smallest absolute Gasteiger partial charge is 0.323 e. The quantitative estimate of drug-likeness (QED) is 0.688. The Hall–Kier alpha value is -0.210. The van der Waals surface area contributed by atoms with Gasteiger partial charge in [0.15, 0.2) is 0 Å². The van der Waals surface area contributed by atoms with Gasteiger partial charge in [0, 0.05) is 0 Å². The van der Waals surface area contributed by atoms with Gasteiger partial charge in [0.1, 0.15) is 0 Å². The van der Waals surface area contributed by atoms with E-state index in [4.69, 9.17) is 15.0 Å². The van der Waals surface area contributed by atoms with Crippen molar-refractivity contribution in [1.29, 1.82) is 5.26 Å². The zero-order valence-electron chi connectivity index (χ0n) is 8.36. The number of nitrogens with zero attached hydrogens (tertiary/aromatic N) is 1. The summed E-state index contributed by atoms with van der Waals surface area (Å²) in [7, 11) is -8.91. The molecule has 1 unspecified atom stereocenters. The van der Waals surface area contributed by atoms with Crippen LogP contribution in [0.2, 0.25) is 0 Å². The van der Waals surface area contributed by atoms with Crippen LogP contribution in [0.3, 0.4) is 0 Å². The van der Waals surface area contributed by atoms with Crippen molar-refractivity contribution in [2.45, 2.75) is 19.2 Å². The van der Waals surface area contributed by atoms with Crippen molar-refractivity contribution >= 4 is 15.2 Å². The summed E-state index contributed by atoms with van der Waals surface area (Å²) in [5, 5.41) is 6.51. The molecule has 0 aromatic heterocycles. The van der Waals surface area contributed by atoms with Crippen molar-refractivity contribution in [3.05, 3.63) is 0 Å². The van der Waals surface area contributed by atoms with Crippen LogP contribution in [0.1, 0.15) is 13.8 Å². The fourth-order valence-electron chi connectivity index (χ4n) is 0.869. The Bertz CT molecular complexity index is 321. The summed E-state index contributed by atoms with van der Waals surface area (Å²) in [6.45, 7) is 2.85. The van der Waals surface area contributed by atoms with E-state index >= 15 is 0 Å². The van der Waals surface area contributed by atoms with Crippen LogP contribution in [0.4, 0.5) is 0 Å². The normalized spacial score (nSPS) is 14.6. The van der Waals surface area contributed by atoms with E-state index in [1.165, 1.54) is 19.9 Å². The van der Waals surface area contributed by atoms with E-state index in [1.54, 1.807) is 0 Å². The summed E-state index contributed by atoms with van der Waals surface area (Å²) in [5.74, 6) is 0. The predicted molar refractivity (Wildman–Crippen MR) is 52.3 cm³/mol. The standard InChI is InChI=1S/C6H13NO6P2/c1-3-12-15(11,13-4-2)6(5-7)14(8,9)10/h6H,3-4H2,1-2H3,(H2,8,9,10). The summed E-state index contributed by atoms with van der Waals surface area (Å²) >= 11 is 0. The van der Waals surface area contributed by atoms with E-state index in [1.807, 2.05) is 0 Å². The molecule has 9 heteroatoms. The predicted octanol–water partition coefficient (Wildman–Crippen LogP) is 1.28. The first-order chi connectivity index (χ1) is 6.81. The summed E-state index contributed by atoms with van der Waals surface area (Å²) in [5.41, 5.74) is 0. The Morgan fingerprint density at radius 3 is 1.87 bits per heavy atom. The molecule has 2 N–H and O–H groups in total. The molecule has 0 bridgehead atoms. The maximum atomic E-state index is 11.8. The fourth-order valence-corrected chi connectivity index (χ4v) is 4.11. The van der Waals surface area contributed by atoms with Crippen LogP contribution in [0.15, 0.2) is 0 Å². The van der Waals surface area contributed by atoms with Crippen LogP contribution in [0.25, 0.3) is 0 Å². The van der Waals surface area contributed by atoms with Crippen molar-refractivity contribution in [2.75, 3.05) is 13.2 Å². The van der Waals surface area contributed by atoms with Crippen LogP contribution in [-0.4, -0.2) is 28.4 Å². The third-order valence-corrected chi connectivity index (χ3v) is 5.81. The Balaban J connectivity index is 5.15. The van der Waals surface area contributed by atoms with Gasteiger partial charge in [-0.05, 0) is 13.8 Å². The van der Waals surface area contributed by atoms with E-state index in [0.717, 1.165) is 0 Å². The second-order valence-corrected chi connectivity index (χ2v) is 6.68. The molecule has 1 atom stereocenters. The van der Waals surface area contributed by atoms with Gasteiger partial charge in [-0.2, -0.15) is 5.26 Å². The molecule has 0 saturated heterocycles. The lowest BCUT2D eigenvalue weighted by molar-refractivity contribution is 0.218. The Labute approximate surface area is 87.7 Å². The first-order valence-corrected chi connectivity index (χ1v) is 7.44. The van der Waals surface area contributed by atoms with Crippen LogP contribution in [0, 0.1) is 11.3 Å². The highest BCUT2D eigenvalue weighted by atomic mass is 31.2. The fraction of sp³-hybridized carbons (Fsp3) is 0.833. The molecule has 0 aliphatic rings. The van der Waals surface area contributed by atoms with E-state index in [2.05, 4.69) is 9.05 Å². The summed E-state index contributed by atoms with van der Waals surface area (Å²) in [4.78, 5) is 17.6. The number of hydrogen-bond acceptors (Lipinski definition) is 5. The third-order valence-electron chi connectivity index (χ3n) is 1.35. The zero-order chi connectivity index (χ0) is 12.1. The molecule has 0 rings (SSSR count). The van der Waals surface area contributed by atoms with Crippen molar-refractivity contribution in [3.63, 3.8) is 0 Å². The van der Waals surface area contributed by atoms with E-state index in [-0.39, 0.29) is 13.2 Å². The Morgan fingerprint density at radius 1 is 1.27 bits per heavy atom. The zero-order valence-corrected chi connectivity index (χ0v) is 10.1. The van der Waals surface area contributed by atoms with Gasteiger partial charge in [0.2, 0.25) is 5.40 Å². The average molecular weight is 257 g/mol. The van der Waals surface area contributed by atoms with Crippen molar-refractivity contribution in [2.24, 2.45) is 0 Å². The Morgan fingerprint density at radius 2 is 1.67 bits per heavy atom. The van der Waals surface area contributed by atoms with Gasteiger partial charge < -0.3 is 18.8 Å². The molecule has 7 nitrogen and oxygen atoms in total. The first-order valence-electron chi connectivity index (χ1n) is 4.15. The Kier molecular flexibility index (Phi) is 5.68. The van der Waals surface area contributed by atoms with Crippen LogP contribution in [0.5, 0.6) is 0 Å². The van der Waals surface area contributed by atoms with Crippen LogP contribution < -0.4 is 0 Å². The average Bonchev–Trinajstić information content (AvgIpc) is 2.02. The number of hydrogen-bond donors (Lipinski definition) is 2. The highest BCUT2D eigenvalue weighted by molar-refractivity contribution is 7.72. The highest BCUT2D eigenvalue weighted by Crippen LogP contribution is 2.65. The minimum absolute atomic E-state index is 0.0601. The highest BCUT2D eigenvalue weighted by Gasteiger charge is 2.47. The van der Waals surface area contributed by atoms with Gasteiger partial charge in [0.25, 0.3) is 0 Å². The van der Waals surface area contributed by atoms with E-state index in [9.17, 15) is 9.13 Å². The molecule has 0 amide bonds. The lowest BCUT2D eigenvalue weighted by Crippen LogP contribution is -2.12. The molecule has 0 saturated carbocycles. The SMILES string of the molecule is CCOP(=O)(OCC)C(C#N)P(=O)(O)O. The second-order valence-electron chi connectivity index (χ2n) is 2.47. The monoisotopic (exact) mass is 257 g/mol. The third kappa shape index (κ3) is 4.04. The van der Waals surface area contributed by atoms with Crippen LogP contribution in [-0.2, 0) is 18.2 Å². The maximum Gasteiger partial charge on any atom is 0.360 e. The minimum atomic E-state index is -4.83. The first kappa shape index (κ1) is 14.8. The van der Waals surface area contributed by atoms with Crippen molar-refractivity contribution in [3.8, 4) is 6.07 Å². The molecule has 0 aliphatic heterocycles. The van der Waals surface area contributed by atoms with Gasteiger partial charge in [-0.3, -0.25) is 9.13 Å². The van der Waals surface area contributed by atoms with Gasteiger partial charge in [-0.15, -0.1) is 0 Å². The molecule has 0 aromatic rings. The molecule has 0 spiro atoms. The summed E-state index contributed by atoms with van der Waals surface area (Å²) < 4.78 is 32.1. The molecule has 0 aliphatic carbocycles. The number of nitriles is 1. The lowest BCUT2D eigenvalue weighted by atomic mass is 10.9. The molecule has 0 aromatic carbocycles. The molecule has 0 fully saturated rings. The lowest BCUT2D eigenvalue weighted by Gasteiger charge is -2.21. The molecule has 88 valence electrons. The minimum Gasteiger partial charge on any atom is -0.323 e. The summed E-state index contributed by atoms with van der Waals surface area (Å²) in [6.07, 6.45) is 0. The van der Waals surface area contributed by atoms with Gasteiger partial charge in [-0.1, -0.05) is 0 Å². The second kappa shape index (κ2) is 5.76. The van der Waals surface area contributed by atoms with Crippen molar-refractivity contribution < 1.29 is 28.0 Å². The molecule has 15 heavy (non-hydrogen) atoms. The topological polar surface area (TPSA) is 117 Å².